The van der Waals surface area contributed by atoms with Crippen LogP contribution in [0.15, 0.2) is 48.9 Å². The van der Waals surface area contributed by atoms with Crippen LogP contribution in [0.1, 0.15) is 24.5 Å². The van der Waals surface area contributed by atoms with E-state index in [1.807, 2.05) is 49.4 Å². The van der Waals surface area contributed by atoms with Crippen LogP contribution in [-0.4, -0.2) is 19.5 Å². The number of nitrogen functional groups attached to an aromatic ring is 1. The van der Waals surface area contributed by atoms with Crippen LogP contribution < -0.4 is 10.5 Å². The predicted molar refractivity (Wildman–Crippen MR) is 111 cm³/mol. The van der Waals surface area contributed by atoms with Crippen molar-refractivity contribution in [2.45, 2.75) is 13.0 Å². The molecular weight excluding hydrogens is 388 g/mol. The Kier molecular flexibility index (Phi) is 4.79. The van der Waals surface area contributed by atoms with E-state index in [1.165, 1.54) is 6.33 Å². The number of anilines is 1. The molecule has 0 bridgehead atoms. The molecule has 4 rings (SSSR count). The Balaban J connectivity index is 1.80. The number of nitrogens with zero attached hydrogens (tertiary/aromatic N) is 5. The fourth-order valence-electron chi connectivity index (χ4n) is 3.19. The van der Waals surface area contributed by atoms with Crippen LogP contribution in [0.2, 0.25) is 5.02 Å². The van der Waals surface area contributed by atoms with E-state index in [0.717, 1.165) is 11.1 Å². The molecule has 2 N–H and O–H groups in total. The fraction of sp³-hybridized carbons (Fsp3) is 0.143. The van der Waals surface area contributed by atoms with Crippen LogP contribution >= 0.6 is 11.6 Å². The second-order valence-corrected chi connectivity index (χ2v) is 7.01. The molecule has 0 aliphatic rings. The number of ether oxygens (including phenoxy) is 1. The zero-order chi connectivity index (χ0) is 20.5. The molecule has 0 saturated heterocycles. The van der Waals surface area contributed by atoms with Gasteiger partial charge in [0, 0.05) is 23.8 Å². The van der Waals surface area contributed by atoms with Crippen molar-refractivity contribution < 1.29 is 4.74 Å². The van der Waals surface area contributed by atoms with E-state index in [2.05, 4.69) is 15.0 Å². The summed E-state index contributed by atoms with van der Waals surface area (Å²) in [6, 6.07) is 13.3. The first-order valence-corrected chi connectivity index (χ1v) is 9.25. The van der Waals surface area contributed by atoms with E-state index >= 15 is 0 Å². The van der Waals surface area contributed by atoms with Crippen LogP contribution in [-0.2, 0) is 7.05 Å². The van der Waals surface area contributed by atoms with Crippen molar-refractivity contribution in [3.8, 4) is 22.9 Å². The first-order chi connectivity index (χ1) is 14.0. The number of nitrogens with two attached hydrogens (primary N) is 1. The van der Waals surface area contributed by atoms with Crippen molar-refractivity contribution in [1.29, 1.82) is 5.26 Å². The van der Waals surface area contributed by atoms with Gasteiger partial charge < -0.3 is 15.0 Å². The van der Waals surface area contributed by atoms with Crippen molar-refractivity contribution in [2.75, 3.05) is 5.73 Å². The Morgan fingerprint density at radius 1 is 1.24 bits per heavy atom. The summed E-state index contributed by atoms with van der Waals surface area (Å²) >= 11 is 6.16. The minimum absolute atomic E-state index is 0.319. The third-order valence-corrected chi connectivity index (χ3v) is 4.87. The van der Waals surface area contributed by atoms with Gasteiger partial charge in [-0.25, -0.2) is 15.0 Å². The summed E-state index contributed by atoms with van der Waals surface area (Å²) in [5.41, 5.74) is 9.29. The molecule has 0 amide bonds. The summed E-state index contributed by atoms with van der Waals surface area (Å²) in [5.74, 6) is 1.18. The summed E-state index contributed by atoms with van der Waals surface area (Å²) < 4.78 is 7.81. The SMILES string of the molecule is C[C@H](Oc1ccc(-c2cccc(Cl)c2)c2ncnc(N)c12)c1cn(C)c(C#N)n1. The number of halogens is 1. The topological polar surface area (TPSA) is 103 Å². The molecule has 8 heteroatoms. The van der Waals surface area contributed by atoms with Gasteiger partial charge in [-0.3, -0.25) is 0 Å². The van der Waals surface area contributed by atoms with Crippen molar-refractivity contribution >= 4 is 28.3 Å². The summed E-state index contributed by atoms with van der Waals surface area (Å²) in [6.45, 7) is 1.86. The zero-order valence-electron chi connectivity index (χ0n) is 15.8. The van der Waals surface area contributed by atoms with E-state index in [-0.39, 0.29) is 0 Å². The predicted octanol–water partition coefficient (Wildman–Crippen LogP) is 4.28. The normalized spacial score (nSPS) is 11.9. The Bertz CT molecular complexity index is 1260. The van der Waals surface area contributed by atoms with Crippen molar-refractivity contribution in [2.24, 2.45) is 7.05 Å². The fourth-order valence-corrected chi connectivity index (χ4v) is 3.39. The van der Waals surface area contributed by atoms with Crippen molar-refractivity contribution in [3.63, 3.8) is 0 Å². The summed E-state index contributed by atoms with van der Waals surface area (Å²) in [5, 5.41) is 10.4. The Morgan fingerprint density at radius 3 is 2.79 bits per heavy atom. The second-order valence-electron chi connectivity index (χ2n) is 6.58. The van der Waals surface area contributed by atoms with Gasteiger partial charge >= 0.3 is 0 Å². The zero-order valence-corrected chi connectivity index (χ0v) is 16.6. The van der Waals surface area contributed by atoms with E-state index in [0.29, 0.717) is 39.0 Å². The summed E-state index contributed by atoms with van der Waals surface area (Å²) in [6.07, 6.45) is 2.80. The van der Waals surface area contributed by atoms with Crippen LogP contribution in [0.3, 0.4) is 0 Å². The molecule has 29 heavy (non-hydrogen) atoms. The third-order valence-electron chi connectivity index (χ3n) is 4.63. The van der Waals surface area contributed by atoms with Crippen LogP contribution in [0.25, 0.3) is 22.0 Å². The molecule has 0 radical (unpaired) electrons. The Labute approximate surface area is 172 Å². The minimum Gasteiger partial charge on any atom is -0.484 e. The number of imidazole rings is 1. The number of nitriles is 1. The van der Waals surface area contributed by atoms with Gasteiger partial charge in [-0.2, -0.15) is 5.26 Å². The molecule has 1 atom stereocenters. The lowest BCUT2D eigenvalue weighted by atomic mass is 10.0. The monoisotopic (exact) mass is 404 g/mol. The van der Waals surface area contributed by atoms with Gasteiger partial charge in [0.1, 0.15) is 30.1 Å². The quantitative estimate of drug-likeness (QED) is 0.544. The van der Waals surface area contributed by atoms with Crippen molar-refractivity contribution in [1.82, 2.24) is 19.5 Å². The average Bonchev–Trinajstić information content (AvgIpc) is 3.09. The number of fused-ring (bicyclic) bond motifs is 1. The lowest BCUT2D eigenvalue weighted by Gasteiger charge is -2.16. The molecule has 2 heterocycles. The average molecular weight is 405 g/mol. The Hall–Kier alpha value is -3.63. The number of aryl methyl sites for hydroxylation is 1. The molecule has 0 aliphatic carbocycles. The van der Waals surface area contributed by atoms with Crippen LogP contribution in [0.5, 0.6) is 5.75 Å². The van der Waals surface area contributed by atoms with E-state index in [4.69, 9.17) is 27.3 Å². The smallest absolute Gasteiger partial charge is 0.212 e. The van der Waals surface area contributed by atoms with Gasteiger partial charge in [0.05, 0.1) is 16.6 Å². The molecular formula is C21H17ClN6O. The third kappa shape index (κ3) is 3.46. The van der Waals surface area contributed by atoms with E-state index in [1.54, 1.807) is 17.8 Å². The highest BCUT2D eigenvalue weighted by molar-refractivity contribution is 6.30. The van der Waals surface area contributed by atoms with E-state index in [9.17, 15) is 0 Å². The molecule has 4 aromatic rings. The summed E-state index contributed by atoms with van der Waals surface area (Å²) in [7, 11) is 1.77. The van der Waals surface area contributed by atoms with Gasteiger partial charge in [-0.1, -0.05) is 23.7 Å². The number of hydrogen-bond donors (Lipinski definition) is 1. The molecule has 2 aromatic heterocycles. The van der Waals surface area contributed by atoms with E-state index < -0.39 is 6.10 Å². The Morgan fingerprint density at radius 2 is 2.07 bits per heavy atom. The largest absolute Gasteiger partial charge is 0.484 e. The first kappa shape index (κ1) is 18.7. The number of benzene rings is 2. The van der Waals surface area contributed by atoms with Crippen LogP contribution in [0.4, 0.5) is 5.82 Å². The highest BCUT2D eigenvalue weighted by atomic mass is 35.5. The number of hydrogen-bond acceptors (Lipinski definition) is 6. The molecule has 2 aromatic carbocycles. The lowest BCUT2D eigenvalue weighted by molar-refractivity contribution is 0.225. The molecule has 0 fully saturated rings. The minimum atomic E-state index is -0.400. The lowest BCUT2D eigenvalue weighted by Crippen LogP contribution is -2.06. The van der Waals surface area contributed by atoms with Crippen LogP contribution in [0, 0.1) is 11.3 Å². The highest BCUT2D eigenvalue weighted by Crippen LogP contribution is 2.37. The molecule has 144 valence electrons. The van der Waals surface area contributed by atoms with Gasteiger partial charge in [-0.05, 0) is 36.8 Å². The van der Waals surface area contributed by atoms with Gasteiger partial charge in [-0.15, -0.1) is 0 Å². The van der Waals surface area contributed by atoms with Gasteiger partial charge in [0.2, 0.25) is 5.82 Å². The van der Waals surface area contributed by atoms with Gasteiger partial charge in [0.15, 0.2) is 0 Å². The van der Waals surface area contributed by atoms with Crippen molar-refractivity contribution in [3.05, 3.63) is 65.5 Å². The maximum Gasteiger partial charge on any atom is 0.212 e. The summed E-state index contributed by atoms with van der Waals surface area (Å²) in [4.78, 5) is 12.9. The molecule has 0 aliphatic heterocycles. The first-order valence-electron chi connectivity index (χ1n) is 8.87. The maximum absolute atomic E-state index is 9.12. The molecule has 0 spiro atoms. The maximum atomic E-state index is 9.12. The molecule has 7 nitrogen and oxygen atoms in total. The second kappa shape index (κ2) is 7.41. The standard InChI is InChI=1S/C21H17ClN6O/c1-12(16-10-28(2)18(9-23)27-16)29-17-7-6-15(13-4-3-5-14(22)8-13)20-19(17)21(24)26-11-25-20/h3-8,10-12H,1-2H3,(H2,24,25,26)/t12-/m0/s1. The molecule has 0 unspecified atom stereocenters. The number of aromatic nitrogens is 4. The highest BCUT2D eigenvalue weighted by Gasteiger charge is 2.18. The number of rotatable bonds is 4. The van der Waals surface area contributed by atoms with Gasteiger partial charge in [0.25, 0.3) is 0 Å². The molecule has 0 saturated carbocycles.